The molecule has 1 heterocycles. The lowest BCUT2D eigenvalue weighted by atomic mass is 9.76. The van der Waals surface area contributed by atoms with E-state index in [4.69, 9.17) is 11.6 Å². The smallest absolute Gasteiger partial charge is 0.336 e. The molecule has 0 bridgehead atoms. The molecule has 4 rings (SSSR count). The molecule has 2 N–H and O–H groups in total. The van der Waals surface area contributed by atoms with Crippen LogP contribution < -0.4 is 5.32 Å². The molecule has 0 spiro atoms. The third-order valence-electron chi connectivity index (χ3n) is 4.87. The van der Waals surface area contributed by atoms with Crippen LogP contribution in [0.2, 0.25) is 5.02 Å². The predicted molar refractivity (Wildman–Crippen MR) is 91.2 cm³/mol. The number of carboxylic acids is 1. The number of aromatic carboxylic acids is 1. The second-order valence-corrected chi connectivity index (χ2v) is 6.48. The second-order valence-electron chi connectivity index (χ2n) is 6.07. The van der Waals surface area contributed by atoms with Gasteiger partial charge in [-0.05, 0) is 35.6 Å². The number of carbonyl (C=O) groups is 1. The van der Waals surface area contributed by atoms with Crippen LogP contribution in [-0.2, 0) is 0 Å². The van der Waals surface area contributed by atoms with Gasteiger partial charge in [0, 0.05) is 5.92 Å². The van der Waals surface area contributed by atoms with E-state index in [-0.39, 0.29) is 12.0 Å². The maximum atomic E-state index is 11.6. The summed E-state index contributed by atoms with van der Waals surface area (Å²) in [5, 5.41) is 13.7. The molecule has 3 nitrogen and oxygen atoms in total. The fourth-order valence-corrected chi connectivity index (χ4v) is 4.09. The van der Waals surface area contributed by atoms with Crippen LogP contribution in [0.5, 0.6) is 0 Å². The molecule has 0 fully saturated rings. The van der Waals surface area contributed by atoms with Gasteiger partial charge >= 0.3 is 5.97 Å². The summed E-state index contributed by atoms with van der Waals surface area (Å²) in [6.07, 6.45) is 5.34. The zero-order valence-corrected chi connectivity index (χ0v) is 13.1. The standard InChI is InChI=1S/C19H16ClNO2/c20-16-10-4-9-13-11-7-3-8-12(11)17(21-18(13)16)14-5-1-2-6-15(14)19(22)23/h1-7,9-12,17,21H,8H2,(H,22,23)/t11-,12+,17-/m1/s1. The highest BCUT2D eigenvalue weighted by atomic mass is 35.5. The Bertz CT molecular complexity index is 815. The van der Waals surface area contributed by atoms with Crippen molar-refractivity contribution in [1.82, 2.24) is 0 Å². The highest BCUT2D eigenvalue weighted by Crippen LogP contribution is 2.51. The van der Waals surface area contributed by atoms with Gasteiger partial charge in [-0.2, -0.15) is 0 Å². The van der Waals surface area contributed by atoms with Crippen LogP contribution in [0.15, 0.2) is 54.6 Å². The van der Waals surface area contributed by atoms with Crippen molar-refractivity contribution in [3.8, 4) is 0 Å². The Labute approximate surface area is 139 Å². The maximum absolute atomic E-state index is 11.6. The summed E-state index contributed by atoms with van der Waals surface area (Å²) in [6, 6.07) is 13.1. The van der Waals surface area contributed by atoms with E-state index in [1.54, 1.807) is 12.1 Å². The Balaban J connectivity index is 1.86. The van der Waals surface area contributed by atoms with E-state index in [9.17, 15) is 9.90 Å². The minimum absolute atomic E-state index is 0.0605. The number of benzene rings is 2. The minimum Gasteiger partial charge on any atom is -0.478 e. The summed E-state index contributed by atoms with van der Waals surface area (Å²) < 4.78 is 0. The lowest BCUT2D eigenvalue weighted by Crippen LogP contribution is -2.30. The number of hydrogen-bond acceptors (Lipinski definition) is 2. The van der Waals surface area contributed by atoms with Gasteiger partial charge < -0.3 is 10.4 Å². The molecule has 0 amide bonds. The maximum Gasteiger partial charge on any atom is 0.336 e. The van der Waals surface area contributed by atoms with Gasteiger partial charge in [0.05, 0.1) is 22.3 Å². The van der Waals surface area contributed by atoms with E-state index in [2.05, 4.69) is 23.5 Å². The average Bonchev–Trinajstić information content (AvgIpc) is 3.04. The van der Waals surface area contributed by atoms with Crippen molar-refractivity contribution < 1.29 is 9.90 Å². The molecule has 4 heteroatoms. The Hall–Kier alpha value is -2.26. The minimum atomic E-state index is -0.894. The van der Waals surface area contributed by atoms with Gasteiger partial charge in [0.2, 0.25) is 0 Å². The molecule has 2 aliphatic rings. The number of fused-ring (bicyclic) bond motifs is 3. The molecule has 1 aliphatic carbocycles. The van der Waals surface area contributed by atoms with Gasteiger partial charge in [-0.15, -0.1) is 0 Å². The largest absolute Gasteiger partial charge is 0.478 e. The molecular weight excluding hydrogens is 310 g/mol. The van der Waals surface area contributed by atoms with Crippen LogP contribution >= 0.6 is 11.6 Å². The van der Waals surface area contributed by atoms with E-state index in [0.717, 1.165) is 17.7 Å². The SMILES string of the molecule is O=C(O)c1ccccc1[C@@H]1Nc2c(Cl)cccc2[C@@H]2C=CC[C@@H]21. The molecule has 0 unspecified atom stereocenters. The Kier molecular flexibility index (Phi) is 3.38. The van der Waals surface area contributed by atoms with Crippen LogP contribution in [0.3, 0.4) is 0 Å². The number of rotatable bonds is 2. The summed E-state index contributed by atoms with van der Waals surface area (Å²) in [5.74, 6) is -0.312. The fourth-order valence-electron chi connectivity index (χ4n) is 3.85. The number of hydrogen-bond donors (Lipinski definition) is 2. The zero-order chi connectivity index (χ0) is 16.0. The Morgan fingerprint density at radius 1 is 1.13 bits per heavy atom. The van der Waals surface area contributed by atoms with E-state index in [1.807, 2.05) is 24.3 Å². The highest BCUT2D eigenvalue weighted by molar-refractivity contribution is 6.33. The van der Waals surface area contributed by atoms with Crippen LogP contribution in [0.4, 0.5) is 5.69 Å². The molecule has 2 aromatic carbocycles. The molecule has 3 atom stereocenters. The first-order chi connectivity index (χ1) is 11.2. The van der Waals surface area contributed by atoms with Crippen molar-refractivity contribution in [3.05, 3.63) is 76.3 Å². The van der Waals surface area contributed by atoms with Gasteiger partial charge in [0.1, 0.15) is 0 Å². The van der Waals surface area contributed by atoms with Gasteiger partial charge in [0.25, 0.3) is 0 Å². The van der Waals surface area contributed by atoms with Gasteiger partial charge in [0.15, 0.2) is 0 Å². The Morgan fingerprint density at radius 3 is 2.74 bits per heavy atom. The summed E-state index contributed by atoms with van der Waals surface area (Å²) in [6.45, 7) is 0. The first-order valence-electron chi connectivity index (χ1n) is 7.70. The third kappa shape index (κ3) is 2.23. The quantitative estimate of drug-likeness (QED) is 0.775. The third-order valence-corrected chi connectivity index (χ3v) is 5.19. The van der Waals surface area contributed by atoms with Crippen molar-refractivity contribution in [2.75, 3.05) is 5.32 Å². The van der Waals surface area contributed by atoms with E-state index < -0.39 is 5.97 Å². The summed E-state index contributed by atoms with van der Waals surface area (Å²) in [4.78, 5) is 11.6. The van der Waals surface area contributed by atoms with E-state index in [0.29, 0.717) is 16.5 Å². The monoisotopic (exact) mass is 325 g/mol. The van der Waals surface area contributed by atoms with Crippen molar-refractivity contribution >= 4 is 23.3 Å². The number of nitrogens with one attached hydrogen (secondary N) is 1. The van der Waals surface area contributed by atoms with Gasteiger partial charge in [-0.25, -0.2) is 4.79 Å². The summed E-state index contributed by atoms with van der Waals surface area (Å²) >= 11 is 6.38. The van der Waals surface area contributed by atoms with Crippen LogP contribution in [0, 0.1) is 5.92 Å². The molecule has 23 heavy (non-hydrogen) atoms. The lowest BCUT2D eigenvalue weighted by Gasteiger charge is -2.38. The second kappa shape index (κ2) is 5.43. The van der Waals surface area contributed by atoms with Crippen LogP contribution in [0.25, 0.3) is 0 Å². The van der Waals surface area contributed by atoms with E-state index in [1.165, 1.54) is 5.56 Å². The van der Waals surface area contributed by atoms with Crippen molar-refractivity contribution in [3.63, 3.8) is 0 Å². The van der Waals surface area contributed by atoms with Gasteiger partial charge in [-0.3, -0.25) is 0 Å². The Morgan fingerprint density at radius 2 is 1.91 bits per heavy atom. The first-order valence-corrected chi connectivity index (χ1v) is 8.08. The average molecular weight is 326 g/mol. The number of halogens is 1. The van der Waals surface area contributed by atoms with Crippen molar-refractivity contribution in [2.24, 2.45) is 5.92 Å². The number of allylic oxidation sites excluding steroid dienone is 2. The van der Waals surface area contributed by atoms with E-state index >= 15 is 0 Å². The van der Waals surface area contributed by atoms with Crippen LogP contribution in [-0.4, -0.2) is 11.1 Å². The fraction of sp³-hybridized carbons (Fsp3) is 0.211. The molecule has 0 radical (unpaired) electrons. The normalized spacial score (nSPS) is 24.7. The predicted octanol–water partition coefficient (Wildman–Crippen LogP) is 4.86. The number of anilines is 1. The molecule has 0 saturated heterocycles. The molecule has 2 aromatic rings. The molecule has 116 valence electrons. The summed E-state index contributed by atoms with van der Waals surface area (Å²) in [7, 11) is 0. The molecular formula is C19H16ClNO2. The van der Waals surface area contributed by atoms with Gasteiger partial charge in [-0.1, -0.05) is 54.1 Å². The zero-order valence-electron chi connectivity index (χ0n) is 12.4. The molecule has 1 aliphatic heterocycles. The first kappa shape index (κ1) is 14.3. The van der Waals surface area contributed by atoms with Crippen LogP contribution in [0.1, 0.15) is 39.9 Å². The molecule has 0 aromatic heterocycles. The van der Waals surface area contributed by atoms with Crippen molar-refractivity contribution in [1.29, 1.82) is 0 Å². The number of para-hydroxylation sites is 1. The molecule has 0 saturated carbocycles. The lowest BCUT2D eigenvalue weighted by molar-refractivity contribution is 0.0694. The number of carboxylic acid groups (broad SMARTS) is 1. The summed E-state index contributed by atoms with van der Waals surface area (Å²) in [5.41, 5.74) is 3.29. The highest BCUT2D eigenvalue weighted by Gasteiger charge is 2.39. The van der Waals surface area contributed by atoms with Crippen molar-refractivity contribution in [2.45, 2.75) is 18.4 Å². The topological polar surface area (TPSA) is 49.3 Å².